The molecule has 18 heavy (non-hydrogen) atoms. The molecule has 6 nitrogen and oxygen atoms in total. The third-order valence-corrected chi connectivity index (χ3v) is 2.07. The van der Waals surface area contributed by atoms with E-state index in [2.05, 4.69) is 14.7 Å². The van der Waals surface area contributed by atoms with E-state index < -0.39 is 18.9 Å². The highest BCUT2D eigenvalue weighted by Crippen LogP contribution is 2.12. The smallest absolute Gasteiger partial charge is 0.358 e. The Morgan fingerprint density at radius 1 is 1.56 bits per heavy atom. The number of aromatic nitrogens is 2. The van der Waals surface area contributed by atoms with Crippen LogP contribution in [0.4, 0.5) is 14.6 Å². The van der Waals surface area contributed by atoms with Crippen molar-refractivity contribution in [3.8, 4) is 0 Å². The first-order chi connectivity index (χ1) is 8.58. The normalized spacial score (nSPS) is 10.5. The molecule has 1 heterocycles. The second-order valence-electron chi connectivity index (χ2n) is 3.31. The molecular weight excluding hydrogens is 248 g/mol. The summed E-state index contributed by atoms with van der Waals surface area (Å²) >= 11 is 0. The number of ether oxygens (including phenoxy) is 1. The van der Waals surface area contributed by atoms with E-state index in [1.165, 1.54) is 19.5 Å². The topological polar surface area (TPSA) is 75.5 Å². The highest BCUT2D eigenvalue weighted by molar-refractivity contribution is 5.87. The molecular formula is C10H13F2N3O3. The van der Waals surface area contributed by atoms with Gasteiger partial charge in [0.15, 0.2) is 5.69 Å². The fraction of sp³-hybridized carbons (Fsp3) is 0.500. The van der Waals surface area contributed by atoms with Crippen molar-refractivity contribution in [3.05, 3.63) is 18.1 Å². The largest absolute Gasteiger partial charge is 0.464 e. The molecule has 0 aliphatic heterocycles. The van der Waals surface area contributed by atoms with E-state index in [0.29, 0.717) is 0 Å². The summed E-state index contributed by atoms with van der Waals surface area (Å²) in [5.41, 5.74) is -0.0767. The number of anilines is 1. The molecule has 1 N–H and O–H groups in total. The fourth-order valence-electron chi connectivity index (χ4n) is 1.30. The van der Waals surface area contributed by atoms with Crippen molar-refractivity contribution in [1.29, 1.82) is 0 Å². The maximum absolute atomic E-state index is 12.4. The molecule has 1 aromatic heterocycles. The monoisotopic (exact) mass is 261 g/mol. The summed E-state index contributed by atoms with van der Waals surface area (Å²) in [7, 11) is 1.18. The number of halogens is 2. The summed E-state index contributed by atoms with van der Waals surface area (Å²) in [5.74, 6) is -0.613. The summed E-state index contributed by atoms with van der Waals surface area (Å²) in [6.45, 7) is -0.930. The molecule has 8 heteroatoms. The van der Waals surface area contributed by atoms with Crippen LogP contribution in [0.15, 0.2) is 12.4 Å². The van der Waals surface area contributed by atoms with Crippen LogP contribution in [0.25, 0.3) is 0 Å². The Morgan fingerprint density at radius 2 is 2.28 bits per heavy atom. The number of rotatable bonds is 6. The lowest BCUT2D eigenvalue weighted by Gasteiger charge is -2.21. The van der Waals surface area contributed by atoms with Gasteiger partial charge in [0.1, 0.15) is 5.82 Å². The van der Waals surface area contributed by atoms with Gasteiger partial charge >= 0.3 is 5.97 Å². The van der Waals surface area contributed by atoms with E-state index in [4.69, 9.17) is 5.11 Å². The van der Waals surface area contributed by atoms with E-state index in [1.807, 2.05) is 0 Å². The van der Waals surface area contributed by atoms with Crippen molar-refractivity contribution < 1.29 is 23.4 Å². The quantitative estimate of drug-likeness (QED) is 0.744. The van der Waals surface area contributed by atoms with Gasteiger partial charge < -0.3 is 14.7 Å². The van der Waals surface area contributed by atoms with E-state index in [-0.39, 0.29) is 24.7 Å². The average molecular weight is 261 g/mol. The number of hydrogen-bond acceptors (Lipinski definition) is 6. The highest BCUT2D eigenvalue weighted by Gasteiger charge is 2.16. The van der Waals surface area contributed by atoms with Gasteiger partial charge in [0.25, 0.3) is 6.43 Å². The highest BCUT2D eigenvalue weighted by atomic mass is 19.3. The van der Waals surface area contributed by atoms with Gasteiger partial charge in [-0.2, -0.15) is 0 Å². The number of aliphatic hydroxyl groups is 1. The second kappa shape index (κ2) is 6.80. The minimum atomic E-state index is -2.58. The summed E-state index contributed by atoms with van der Waals surface area (Å²) in [6.07, 6.45) is -0.167. The zero-order valence-electron chi connectivity index (χ0n) is 9.71. The molecule has 0 aromatic carbocycles. The lowest BCUT2D eigenvalue weighted by Crippen LogP contribution is -2.32. The zero-order chi connectivity index (χ0) is 13.5. The van der Waals surface area contributed by atoms with Gasteiger partial charge in [0.2, 0.25) is 0 Å². The Hall–Kier alpha value is -1.83. The number of nitrogens with zero attached hydrogens (tertiary/aromatic N) is 3. The molecule has 0 fully saturated rings. The molecule has 0 spiro atoms. The molecule has 1 aromatic rings. The average Bonchev–Trinajstić information content (AvgIpc) is 2.37. The minimum Gasteiger partial charge on any atom is -0.464 e. The van der Waals surface area contributed by atoms with E-state index in [9.17, 15) is 13.6 Å². The number of aliphatic hydroxyl groups excluding tert-OH is 1. The molecule has 0 saturated carbocycles. The molecule has 0 aliphatic carbocycles. The Morgan fingerprint density at radius 3 is 2.83 bits per heavy atom. The van der Waals surface area contributed by atoms with Gasteiger partial charge in [0, 0.05) is 6.54 Å². The van der Waals surface area contributed by atoms with Crippen molar-refractivity contribution in [2.45, 2.75) is 6.43 Å². The van der Waals surface area contributed by atoms with Crippen molar-refractivity contribution in [2.75, 3.05) is 31.7 Å². The number of methoxy groups -OCH3 is 1. The van der Waals surface area contributed by atoms with Gasteiger partial charge in [-0.25, -0.2) is 18.6 Å². The van der Waals surface area contributed by atoms with Crippen molar-refractivity contribution >= 4 is 11.8 Å². The molecule has 0 amide bonds. The van der Waals surface area contributed by atoms with Crippen LogP contribution < -0.4 is 4.90 Å². The second-order valence-corrected chi connectivity index (χ2v) is 3.31. The lowest BCUT2D eigenvalue weighted by atomic mass is 10.4. The lowest BCUT2D eigenvalue weighted by molar-refractivity contribution is 0.0593. The molecule has 0 unspecified atom stereocenters. The van der Waals surface area contributed by atoms with Crippen LogP contribution in [-0.4, -0.2) is 54.3 Å². The van der Waals surface area contributed by atoms with Crippen LogP contribution in [0.3, 0.4) is 0 Å². The number of carbonyl (C=O) groups excluding carboxylic acids is 1. The number of alkyl halides is 2. The summed E-state index contributed by atoms with van der Waals surface area (Å²) in [6, 6.07) is 0. The molecule has 0 bridgehead atoms. The van der Waals surface area contributed by atoms with E-state index in [0.717, 1.165) is 4.90 Å². The minimum absolute atomic E-state index is 0.0242. The first kappa shape index (κ1) is 14.2. The van der Waals surface area contributed by atoms with Gasteiger partial charge in [-0.1, -0.05) is 0 Å². The van der Waals surface area contributed by atoms with Crippen molar-refractivity contribution in [2.24, 2.45) is 0 Å². The van der Waals surface area contributed by atoms with Gasteiger partial charge in [-0.15, -0.1) is 0 Å². The van der Waals surface area contributed by atoms with Gasteiger partial charge in [0.05, 0.1) is 32.7 Å². The van der Waals surface area contributed by atoms with Gasteiger partial charge in [-0.3, -0.25) is 4.98 Å². The third-order valence-electron chi connectivity index (χ3n) is 2.07. The summed E-state index contributed by atoms with van der Waals surface area (Å²) < 4.78 is 29.2. The molecule has 1 rings (SSSR count). The molecule has 100 valence electrons. The van der Waals surface area contributed by atoms with Gasteiger partial charge in [-0.05, 0) is 0 Å². The van der Waals surface area contributed by atoms with Crippen LogP contribution in [0.5, 0.6) is 0 Å². The van der Waals surface area contributed by atoms with Crippen molar-refractivity contribution in [3.63, 3.8) is 0 Å². The summed E-state index contributed by atoms with van der Waals surface area (Å²) in [4.78, 5) is 20.0. The van der Waals surface area contributed by atoms with Crippen LogP contribution in [0, 0.1) is 0 Å². The number of hydrogen-bond donors (Lipinski definition) is 1. The predicted octanol–water partition coefficient (Wildman–Crippen LogP) is 0.327. The standard InChI is InChI=1S/C10H13F2N3O3/c1-18-10(17)7-4-13-5-9(14-7)15(2-3-16)6-8(11)12/h4-5,8,16H,2-3,6H2,1H3. The predicted molar refractivity (Wildman–Crippen MR) is 58.7 cm³/mol. The van der Waals surface area contributed by atoms with Crippen molar-refractivity contribution in [1.82, 2.24) is 9.97 Å². The first-order valence-electron chi connectivity index (χ1n) is 5.12. The molecule has 0 radical (unpaired) electrons. The number of esters is 1. The van der Waals surface area contributed by atoms with Crippen LogP contribution in [-0.2, 0) is 4.74 Å². The Balaban J connectivity index is 2.93. The molecule has 0 atom stereocenters. The van der Waals surface area contributed by atoms with E-state index >= 15 is 0 Å². The summed E-state index contributed by atoms with van der Waals surface area (Å²) in [5, 5.41) is 8.81. The molecule has 0 saturated heterocycles. The molecule has 0 aliphatic rings. The maximum Gasteiger partial charge on any atom is 0.358 e. The third kappa shape index (κ3) is 3.88. The maximum atomic E-state index is 12.4. The van der Waals surface area contributed by atoms with Crippen LogP contribution >= 0.6 is 0 Å². The number of carbonyl (C=O) groups is 1. The Bertz CT molecular complexity index is 404. The Kier molecular flexibility index (Phi) is 5.37. The van der Waals surface area contributed by atoms with E-state index in [1.54, 1.807) is 0 Å². The first-order valence-corrected chi connectivity index (χ1v) is 5.12. The fourth-order valence-corrected chi connectivity index (χ4v) is 1.30. The van der Waals surface area contributed by atoms with Crippen LogP contribution in [0.2, 0.25) is 0 Å². The zero-order valence-corrected chi connectivity index (χ0v) is 9.71. The SMILES string of the molecule is COC(=O)c1cncc(N(CCO)CC(F)F)n1. The Labute approximate surface area is 102 Å². The van der Waals surface area contributed by atoms with Crippen LogP contribution in [0.1, 0.15) is 10.5 Å².